The number of benzene rings is 1. The molecule has 298 valence electrons. The molecule has 1 saturated carbocycles. The van der Waals surface area contributed by atoms with Gasteiger partial charge in [-0.15, -0.1) is 0 Å². The Kier molecular flexibility index (Phi) is 27.6. The number of carbonyl (C=O) groups excluding carboxylic acids is 6. The third-order valence-electron chi connectivity index (χ3n) is 8.26. The van der Waals surface area contributed by atoms with Crippen LogP contribution in [0.3, 0.4) is 0 Å². The predicted molar refractivity (Wildman–Crippen MR) is 208 cm³/mol. The SMILES string of the molecule is CCC.CCC(C)C.CCOC(=O)CNC(=O)NC(C(=O)N1CC(C)C[C@H]1C)C(C)(C)C.NC(=O)C(=O)C(CC1CCC1)NC=O.c1ccccc1. The summed E-state index contributed by atoms with van der Waals surface area (Å²) in [6, 6.07) is 10.2. The van der Waals surface area contributed by atoms with Crippen molar-refractivity contribution in [2.24, 2.45) is 28.9 Å². The predicted octanol–water partition coefficient (Wildman–Crippen LogP) is 6.02. The Labute approximate surface area is 314 Å². The number of nitrogens with two attached hydrogens (primary N) is 1. The van der Waals surface area contributed by atoms with E-state index in [0.29, 0.717) is 31.2 Å². The van der Waals surface area contributed by atoms with E-state index in [0.717, 1.165) is 31.6 Å². The maximum Gasteiger partial charge on any atom is 0.325 e. The number of likely N-dealkylation sites (tertiary alicyclic amines) is 1. The van der Waals surface area contributed by atoms with Crippen LogP contribution in [0.25, 0.3) is 0 Å². The van der Waals surface area contributed by atoms with Crippen molar-refractivity contribution in [3.05, 3.63) is 36.4 Å². The Morgan fingerprint density at radius 3 is 1.77 bits per heavy atom. The molecule has 1 aliphatic carbocycles. The zero-order chi connectivity index (χ0) is 40.3. The number of ketones is 1. The van der Waals surface area contributed by atoms with E-state index >= 15 is 0 Å². The average molecular weight is 734 g/mol. The first-order chi connectivity index (χ1) is 24.4. The Morgan fingerprint density at radius 1 is 0.942 bits per heavy atom. The Bertz CT molecular complexity index is 1130. The number of ether oxygens (including phenoxy) is 1. The van der Waals surface area contributed by atoms with Crippen molar-refractivity contribution in [3.63, 3.8) is 0 Å². The summed E-state index contributed by atoms with van der Waals surface area (Å²) in [5.41, 5.74) is 4.42. The molecule has 2 fully saturated rings. The van der Waals surface area contributed by atoms with Crippen LogP contribution in [-0.2, 0) is 28.7 Å². The van der Waals surface area contributed by atoms with Crippen LogP contribution in [-0.4, -0.2) is 78.7 Å². The van der Waals surface area contributed by atoms with Gasteiger partial charge in [-0.25, -0.2) is 4.79 Å². The van der Waals surface area contributed by atoms with Crippen molar-refractivity contribution in [1.29, 1.82) is 0 Å². The highest BCUT2D eigenvalue weighted by molar-refractivity contribution is 6.37. The molecule has 5 amide bonds. The van der Waals surface area contributed by atoms with Gasteiger partial charge in [-0.2, -0.15) is 0 Å². The summed E-state index contributed by atoms with van der Waals surface area (Å²) in [4.78, 5) is 70.2. The van der Waals surface area contributed by atoms with E-state index in [9.17, 15) is 28.8 Å². The van der Waals surface area contributed by atoms with Crippen LogP contribution in [0.1, 0.15) is 121 Å². The lowest BCUT2D eigenvalue weighted by Gasteiger charge is -2.35. The van der Waals surface area contributed by atoms with Crippen LogP contribution >= 0.6 is 0 Å². The van der Waals surface area contributed by atoms with Crippen molar-refractivity contribution < 1.29 is 33.5 Å². The molecule has 4 atom stereocenters. The Hall–Kier alpha value is -3.96. The number of rotatable bonds is 12. The first-order valence-electron chi connectivity index (χ1n) is 18.9. The third-order valence-corrected chi connectivity index (χ3v) is 8.26. The van der Waals surface area contributed by atoms with E-state index in [-0.39, 0.29) is 25.1 Å². The molecule has 1 saturated heterocycles. The van der Waals surface area contributed by atoms with E-state index in [1.54, 1.807) is 6.92 Å². The van der Waals surface area contributed by atoms with Crippen LogP contribution in [0.2, 0.25) is 0 Å². The molecule has 0 spiro atoms. The molecule has 2 aliphatic rings. The first kappa shape index (κ1) is 50.1. The molecule has 1 aromatic carbocycles. The van der Waals surface area contributed by atoms with Gasteiger partial charge in [-0.1, -0.05) is 131 Å². The number of carbonyl (C=O) groups is 6. The number of amides is 5. The monoisotopic (exact) mass is 734 g/mol. The van der Waals surface area contributed by atoms with E-state index < -0.39 is 41.2 Å². The van der Waals surface area contributed by atoms with Crippen LogP contribution in [0.5, 0.6) is 0 Å². The van der Waals surface area contributed by atoms with E-state index in [4.69, 9.17) is 10.5 Å². The number of primary amides is 1. The Morgan fingerprint density at radius 2 is 1.44 bits per heavy atom. The maximum absolute atomic E-state index is 12.9. The van der Waals surface area contributed by atoms with E-state index in [1.807, 2.05) is 69.0 Å². The van der Waals surface area contributed by atoms with Crippen molar-refractivity contribution >= 4 is 36.0 Å². The van der Waals surface area contributed by atoms with Crippen LogP contribution in [0.4, 0.5) is 4.79 Å². The second-order valence-corrected chi connectivity index (χ2v) is 14.9. The van der Waals surface area contributed by atoms with Gasteiger partial charge in [0, 0.05) is 12.6 Å². The number of urea groups is 1. The second-order valence-electron chi connectivity index (χ2n) is 14.9. The molecule has 12 nitrogen and oxygen atoms in total. The highest BCUT2D eigenvalue weighted by Gasteiger charge is 2.40. The van der Waals surface area contributed by atoms with Gasteiger partial charge in [0.15, 0.2) is 0 Å². The van der Waals surface area contributed by atoms with Gasteiger partial charge in [0.05, 0.1) is 12.6 Å². The minimum absolute atomic E-state index is 0.0781. The van der Waals surface area contributed by atoms with Crippen molar-refractivity contribution in [2.75, 3.05) is 19.7 Å². The summed E-state index contributed by atoms with van der Waals surface area (Å²) in [5.74, 6) is -0.487. The van der Waals surface area contributed by atoms with Crippen LogP contribution < -0.4 is 21.7 Å². The quantitative estimate of drug-likeness (QED) is 0.115. The number of hydrogen-bond acceptors (Lipinski definition) is 7. The summed E-state index contributed by atoms with van der Waals surface area (Å²) in [7, 11) is 0. The van der Waals surface area contributed by atoms with Gasteiger partial charge in [0.25, 0.3) is 5.91 Å². The van der Waals surface area contributed by atoms with Crippen LogP contribution in [0.15, 0.2) is 36.4 Å². The smallest absolute Gasteiger partial charge is 0.325 e. The van der Waals surface area contributed by atoms with Gasteiger partial charge in [0.1, 0.15) is 12.6 Å². The summed E-state index contributed by atoms with van der Waals surface area (Å²) < 4.78 is 4.76. The molecule has 0 radical (unpaired) electrons. The average Bonchev–Trinajstić information content (AvgIpc) is 3.42. The van der Waals surface area contributed by atoms with E-state index in [1.165, 1.54) is 12.8 Å². The number of nitrogens with one attached hydrogen (secondary N) is 3. The van der Waals surface area contributed by atoms with Gasteiger partial charge in [0.2, 0.25) is 18.1 Å². The zero-order valence-electron chi connectivity index (χ0n) is 34.0. The van der Waals surface area contributed by atoms with Gasteiger partial charge in [-0.3, -0.25) is 24.0 Å². The van der Waals surface area contributed by atoms with Gasteiger partial charge >= 0.3 is 12.0 Å². The summed E-state index contributed by atoms with van der Waals surface area (Å²) in [5, 5.41) is 7.49. The molecule has 1 heterocycles. The fourth-order valence-corrected chi connectivity index (χ4v) is 4.92. The standard InChI is InChI=1S/C17H31N3O4.C9H14N2O3.C6H6.C5H12.C3H8/c1-7-24-13(21)9-18-16(23)19-14(17(4,5)6)15(22)20-10-11(2)8-12(20)3;10-9(14)8(13)7(11-5-12)4-6-2-1-3-6;1-2-4-6-5-3-1;1-4-5(2)3;1-3-2/h11-12,14H,7-10H2,1-6H3,(H2,18,19,23);5-7H,1-4H2,(H2,10,14)(H,11,12);1-6H;5H,4H2,1-3H3;3H2,1-2H3/t11?,12-,14?;;;;/m1..../s1. The molecule has 3 unspecified atom stereocenters. The van der Waals surface area contributed by atoms with Gasteiger partial charge in [-0.05, 0) is 49.9 Å². The topological polar surface area (TPSA) is 177 Å². The minimum atomic E-state index is -0.983. The van der Waals surface area contributed by atoms with Crippen molar-refractivity contribution in [1.82, 2.24) is 20.9 Å². The summed E-state index contributed by atoms with van der Waals surface area (Å²) >= 11 is 0. The second kappa shape index (κ2) is 28.6. The molecular formula is C40H71N5O7. The van der Waals surface area contributed by atoms with E-state index in [2.05, 4.69) is 57.5 Å². The number of hydrogen-bond donors (Lipinski definition) is 4. The molecule has 0 aromatic heterocycles. The molecule has 5 N–H and O–H groups in total. The lowest BCUT2D eigenvalue weighted by Crippen LogP contribution is -2.57. The minimum Gasteiger partial charge on any atom is -0.465 e. The van der Waals surface area contributed by atoms with Crippen molar-refractivity contribution in [2.45, 2.75) is 139 Å². The van der Waals surface area contributed by atoms with Crippen molar-refractivity contribution in [3.8, 4) is 0 Å². The number of nitrogens with zero attached hydrogens (tertiary/aromatic N) is 1. The zero-order valence-corrected chi connectivity index (χ0v) is 34.0. The van der Waals surface area contributed by atoms with Gasteiger partial charge < -0.3 is 31.3 Å². The summed E-state index contributed by atoms with van der Waals surface area (Å²) in [6.45, 7) is 23.2. The molecule has 12 heteroatoms. The first-order valence-corrected chi connectivity index (χ1v) is 18.9. The maximum atomic E-state index is 12.9. The fourth-order valence-electron chi connectivity index (χ4n) is 4.92. The third kappa shape index (κ3) is 23.5. The highest BCUT2D eigenvalue weighted by atomic mass is 16.5. The Balaban J connectivity index is 0. The lowest BCUT2D eigenvalue weighted by molar-refractivity contribution is -0.141. The van der Waals surface area contributed by atoms with Crippen LogP contribution in [0, 0.1) is 23.2 Å². The molecular weight excluding hydrogens is 662 g/mol. The molecule has 1 aliphatic heterocycles. The normalized spacial score (nSPS) is 17.2. The number of esters is 1. The molecule has 3 rings (SSSR count). The molecule has 0 bridgehead atoms. The fraction of sp³-hybridized carbons (Fsp3) is 0.700. The molecule has 52 heavy (non-hydrogen) atoms. The summed E-state index contributed by atoms with van der Waals surface area (Å²) in [6.07, 6.45) is 7.76. The highest BCUT2D eigenvalue weighted by Crippen LogP contribution is 2.30. The lowest BCUT2D eigenvalue weighted by atomic mass is 9.80. The molecule has 1 aromatic rings. The largest absolute Gasteiger partial charge is 0.465 e. The number of Topliss-reactive ketones (excluding diaryl/α,β-unsaturated/α-hetero) is 1.